The van der Waals surface area contributed by atoms with Gasteiger partial charge in [0.25, 0.3) is 11.8 Å². The van der Waals surface area contributed by atoms with E-state index >= 15 is 0 Å². The Labute approximate surface area is 281 Å². The number of esters is 2. The third kappa shape index (κ3) is 9.12. The van der Waals surface area contributed by atoms with Crippen LogP contribution in [0.4, 0.5) is 5.69 Å². The summed E-state index contributed by atoms with van der Waals surface area (Å²) in [6.07, 6.45) is 4.06. The Morgan fingerprint density at radius 1 is 0.646 bits per heavy atom. The normalized spacial score (nSPS) is 10.9. The summed E-state index contributed by atoms with van der Waals surface area (Å²) in [5, 5.41) is 7.29. The van der Waals surface area contributed by atoms with Gasteiger partial charge in [-0.25, -0.2) is 15.0 Å². The lowest BCUT2D eigenvalue weighted by atomic mass is 10.1. The van der Waals surface area contributed by atoms with Crippen molar-refractivity contribution in [1.82, 2.24) is 5.43 Å². The SMILES string of the molecule is Cc1ccc(C(=O)Oc2ccccc2/C=C/C(=O)Oc2ccccc2/C=N/NC(=O)c2ccc(NC(=O)c3ccc(Cl)cc3)cc2)cc1. The van der Waals surface area contributed by atoms with Crippen LogP contribution in [-0.4, -0.2) is 30.0 Å². The molecule has 0 aromatic heterocycles. The summed E-state index contributed by atoms with van der Waals surface area (Å²) in [6.45, 7) is 1.93. The lowest BCUT2D eigenvalue weighted by Gasteiger charge is -2.08. The van der Waals surface area contributed by atoms with Gasteiger partial charge < -0.3 is 14.8 Å². The number of nitrogens with zero attached hydrogens (tertiary/aromatic N) is 1. The lowest BCUT2D eigenvalue weighted by molar-refractivity contribution is -0.128. The van der Waals surface area contributed by atoms with E-state index in [1.807, 2.05) is 19.1 Å². The maximum Gasteiger partial charge on any atom is 0.343 e. The number of carbonyl (C=O) groups is 4. The van der Waals surface area contributed by atoms with Crippen molar-refractivity contribution >= 4 is 53.3 Å². The molecule has 238 valence electrons. The highest BCUT2D eigenvalue weighted by Gasteiger charge is 2.12. The number of rotatable bonds is 10. The molecule has 5 aromatic rings. The van der Waals surface area contributed by atoms with Crippen molar-refractivity contribution in [2.45, 2.75) is 6.92 Å². The molecule has 0 radical (unpaired) electrons. The topological polar surface area (TPSA) is 123 Å². The molecule has 10 heteroatoms. The Morgan fingerprint density at radius 3 is 1.90 bits per heavy atom. The van der Waals surface area contributed by atoms with E-state index in [1.165, 1.54) is 18.4 Å². The molecule has 0 atom stereocenters. The summed E-state index contributed by atoms with van der Waals surface area (Å²) in [5.41, 5.74) is 6.07. The van der Waals surface area contributed by atoms with E-state index < -0.39 is 17.8 Å². The minimum absolute atomic E-state index is 0.213. The molecule has 0 aliphatic rings. The molecular weight excluding hydrogens is 630 g/mol. The van der Waals surface area contributed by atoms with Crippen molar-refractivity contribution < 1.29 is 28.7 Å². The van der Waals surface area contributed by atoms with Crippen LogP contribution in [0.5, 0.6) is 11.5 Å². The fourth-order valence-corrected chi connectivity index (χ4v) is 4.40. The van der Waals surface area contributed by atoms with Crippen molar-refractivity contribution in [2.75, 3.05) is 5.32 Å². The van der Waals surface area contributed by atoms with Crippen LogP contribution < -0.4 is 20.2 Å². The molecular formula is C38H28ClN3O6. The number of halogens is 1. The molecule has 5 aromatic carbocycles. The predicted octanol–water partition coefficient (Wildman–Crippen LogP) is 7.50. The average Bonchev–Trinajstić information content (AvgIpc) is 3.09. The number of ether oxygens (including phenoxy) is 2. The van der Waals surface area contributed by atoms with Gasteiger partial charge in [0.05, 0.1) is 11.8 Å². The molecule has 0 bridgehead atoms. The molecule has 0 spiro atoms. The highest BCUT2D eigenvalue weighted by Crippen LogP contribution is 2.22. The smallest absolute Gasteiger partial charge is 0.343 e. The summed E-state index contributed by atoms with van der Waals surface area (Å²) < 4.78 is 11.1. The van der Waals surface area contributed by atoms with Crippen molar-refractivity contribution in [3.8, 4) is 11.5 Å². The van der Waals surface area contributed by atoms with Crippen molar-refractivity contribution in [1.29, 1.82) is 0 Å². The largest absolute Gasteiger partial charge is 0.423 e. The van der Waals surface area contributed by atoms with Gasteiger partial charge in [0.15, 0.2) is 0 Å². The van der Waals surface area contributed by atoms with Gasteiger partial charge in [-0.15, -0.1) is 0 Å². The lowest BCUT2D eigenvalue weighted by Crippen LogP contribution is -2.18. The first-order valence-electron chi connectivity index (χ1n) is 14.6. The summed E-state index contributed by atoms with van der Waals surface area (Å²) in [7, 11) is 0. The summed E-state index contributed by atoms with van der Waals surface area (Å²) in [6, 6.07) is 33.3. The monoisotopic (exact) mass is 657 g/mol. The fourth-order valence-electron chi connectivity index (χ4n) is 4.27. The highest BCUT2D eigenvalue weighted by molar-refractivity contribution is 6.30. The quantitative estimate of drug-likeness (QED) is 0.0527. The van der Waals surface area contributed by atoms with Gasteiger partial charge in [0, 0.05) is 39.0 Å². The number of benzene rings is 5. The number of para-hydroxylation sites is 2. The molecule has 0 saturated carbocycles. The van der Waals surface area contributed by atoms with Gasteiger partial charge >= 0.3 is 11.9 Å². The Kier molecular flexibility index (Phi) is 10.9. The molecule has 0 fully saturated rings. The zero-order chi connectivity index (χ0) is 33.9. The summed E-state index contributed by atoms with van der Waals surface area (Å²) in [5.74, 6) is -1.50. The molecule has 0 heterocycles. The van der Waals surface area contributed by atoms with Crippen molar-refractivity contribution in [3.05, 3.63) is 166 Å². The van der Waals surface area contributed by atoms with E-state index in [-0.39, 0.29) is 17.4 Å². The zero-order valence-electron chi connectivity index (χ0n) is 25.6. The van der Waals surface area contributed by atoms with Gasteiger partial charge in [-0.3, -0.25) is 9.59 Å². The third-order valence-electron chi connectivity index (χ3n) is 6.82. The Morgan fingerprint density at radius 2 is 1.21 bits per heavy atom. The van der Waals surface area contributed by atoms with E-state index in [2.05, 4.69) is 15.8 Å². The van der Waals surface area contributed by atoms with Gasteiger partial charge in [0.1, 0.15) is 11.5 Å². The van der Waals surface area contributed by atoms with Gasteiger partial charge in [-0.05, 0) is 91.9 Å². The van der Waals surface area contributed by atoms with Crippen LogP contribution in [0.2, 0.25) is 5.02 Å². The third-order valence-corrected chi connectivity index (χ3v) is 7.07. The molecule has 0 aliphatic heterocycles. The van der Waals surface area contributed by atoms with Crippen LogP contribution in [0.25, 0.3) is 6.08 Å². The standard InChI is InChI=1S/C38H28ClN3O6/c1-25-10-12-29(13-11-25)38(46)48-33-8-4-2-6-26(33)18-23-35(43)47-34-9-5-3-7-30(34)24-40-42-37(45)28-16-21-32(22-17-28)41-36(44)27-14-19-31(39)20-15-27/h2-24H,1H3,(H,41,44)(H,42,45)/b23-18+,40-24+. The average molecular weight is 658 g/mol. The molecule has 2 amide bonds. The van der Waals surface area contributed by atoms with E-state index in [9.17, 15) is 19.2 Å². The number of carbonyl (C=O) groups excluding carboxylic acids is 4. The van der Waals surface area contributed by atoms with E-state index in [0.29, 0.717) is 38.5 Å². The first-order chi connectivity index (χ1) is 23.2. The molecule has 48 heavy (non-hydrogen) atoms. The minimum Gasteiger partial charge on any atom is -0.423 e. The van der Waals surface area contributed by atoms with Gasteiger partial charge in [-0.2, -0.15) is 5.10 Å². The van der Waals surface area contributed by atoms with Crippen LogP contribution in [0, 0.1) is 6.92 Å². The Hall–Kier alpha value is -6.32. The minimum atomic E-state index is -0.678. The molecule has 5 rings (SSSR count). The van der Waals surface area contributed by atoms with E-state index in [1.54, 1.807) is 109 Å². The number of hydrogen-bond donors (Lipinski definition) is 2. The molecule has 2 N–H and O–H groups in total. The van der Waals surface area contributed by atoms with E-state index in [4.69, 9.17) is 21.1 Å². The number of nitrogens with one attached hydrogen (secondary N) is 2. The van der Waals surface area contributed by atoms with Crippen molar-refractivity contribution in [2.24, 2.45) is 5.10 Å². The number of amides is 2. The van der Waals surface area contributed by atoms with Gasteiger partial charge in [0.2, 0.25) is 0 Å². The predicted molar refractivity (Wildman–Crippen MR) is 185 cm³/mol. The first-order valence-corrected chi connectivity index (χ1v) is 15.0. The van der Waals surface area contributed by atoms with Crippen LogP contribution in [-0.2, 0) is 4.79 Å². The van der Waals surface area contributed by atoms with Crippen LogP contribution in [0.3, 0.4) is 0 Å². The van der Waals surface area contributed by atoms with Gasteiger partial charge in [-0.1, -0.05) is 59.6 Å². The summed E-state index contributed by atoms with van der Waals surface area (Å²) >= 11 is 5.87. The Bertz CT molecular complexity index is 2000. The number of hydrazone groups is 1. The second-order valence-electron chi connectivity index (χ2n) is 10.3. The summed E-state index contributed by atoms with van der Waals surface area (Å²) in [4.78, 5) is 50.4. The number of aryl methyl sites for hydroxylation is 1. The highest BCUT2D eigenvalue weighted by atomic mass is 35.5. The molecule has 9 nitrogen and oxygen atoms in total. The van der Waals surface area contributed by atoms with Crippen LogP contribution in [0.1, 0.15) is 47.8 Å². The van der Waals surface area contributed by atoms with E-state index in [0.717, 1.165) is 5.56 Å². The van der Waals surface area contributed by atoms with Crippen molar-refractivity contribution in [3.63, 3.8) is 0 Å². The molecule has 0 saturated heterocycles. The number of hydrogen-bond acceptors (Lipinski definition) is 7. The molecule has 0 aliphatic carbocycles. The second-order valence-corrected chi connectivity index (χ2v) is 10.8. The maximum absolute atomic E-state index is 12.7. The fraction of sp³-hybridized carbons (Fsp3) is 0.0263. The van der Waals surface area contributed by atoms with Crippen LogP contribution in [0.15, 0.2) is 133 Å². The first kappa shape index (κ1) is 33.1. The second kappa shape index (κ2) is 15.8. The maximum atomic E-state index is 12.7. The zero-order valence-corrected chi connectivity index (χ0v) is 26.3. The molecule has 0 unspecified atom stereocenters. The number of anilines is 1. The van der Waals surface area contributed by atoms with Crippen LogP contribution >= 0.6 is 11.6 Å². The Balaban J connectivity index is 1.16.